The van der Waals surface area contributed by atoms with Crippen molar-refractivity contribution in [3.05, 3.63) is 64.3 Å². The summed E-state index contributed by atoms with van der Waals surface area (Å²) >= 11 is 0. The van der Waals surface area contributed by atoms with Gasteiger partial charge in [0.1, 0.15) is 6.10 Å². The van der Waals surface area contributed by atoms with E-state index in [-0.39, 0.29) is 17.0 Å². The quantitative estimate of drug-likeness (QED) is 0.507. The van der Waals surface area contributed by atoms with Crippen LogP contribution in [0.4, 0.5) is 24.5 Å². The number of aryl methyl sites for hydroxylation is 2. The molecule has 1 aliphatic heterocycles. The SMILES string of the molecule is C/C(NNC(=O)C(C)O)=C1/C(=O)N(c2cc(C)cc(C)c2)c2cc(C(F)(F)F)ccc21. The summed E-state index contributed by atoms with van der Waals surface area (Å²) in [4.78, 5) is 26.2. The summed E-state index contributed by atoms with van der Waals surface area (Å²) in [6.45, 7) is 6.45. The highest BCUT2D eigenvalue weighted by molar-refractivity contribution is 6.35. The Labute approximate surface area is 177 Å². The van der Waals surface area contributed by atoms with Crippen LogP contribution >= 0.6 is 0 Å². The summed E-state index contributed by atoms with van der Waals surface area (Å²) in [6.07, 6.45) is -5.85. The van der Waals surface area contributed by atoms with Crippen molar-refractivity contribution < 1.29 is 27.9 Å². The fourth-order valence-electron chi connectivity index (χ4n) is 3.46. The summed E-state index contributed by atoms with van der Waals surface area (Å²) in [6, 6.07) is 8.44. The van der Waals surface area contributed by atoms with Crippen LogP contribution in [-0.2, 0) is 15.8 Å². The van der Waals surface area contributed by atoms with Gasteiger partial charge in [0.15, 0.2) is 0 Å². The molecule has 1 aliphatic rings. The summed E-state index contributed by atoms with van der Waals surface area (Å²) in [5, 5.41) is 9.31. The summed E-state index contributed by atoms with van der Waals surface area (Å²) in [5.41, 5.74) is 6.86. The number of aliphatic hydroxyl groups is 1. The number of allylic oxidation sites excluding steroid dienone is 1. The van der Waals surface area contributed by atoms with Gasteiger partial charge in [0.05, 0.1) is 16.8 Å². The van der Waals surface area contributed by atoms with Crippen LogP contribution in [0, 0.1) is 13.8 Å². The maximum Gasteiger partial charge on any atom is 0.416 e. The number of nitrogens with one attached hydrogen (secondary N) is 2. The van der Waals surface area contributed by atoms with Gasteiger partial charge in [0.25, 0.3) is 11.8 Å². The Morgan fingerprint density at radius 3 is 2.23 bits per heavy atom. The van der Waals surface area contributed by atoms with E-state index in [4.69, 9.17) is 0 Å². The predicted octanol–water partition coefficient (Wildman–Crippen LogP) is 3.73. The van der Waals surface area contributed by atoms with E-state index in [9.17, 15) is 27.9 Å². The van der Waals surface area contributed by atoms with Gasteiger partial charge in [-0.25, -0.2) is 0 Å². The lowest BCUT2D eigenvalue weighted by Gasteiger charge is -2.20. The first-order chi connectivity index (χ1) is 14.4. The number of fused-ring (bicyclic) bond motifs is 1. The highest BCUT2D eigenvalue weighted by Crippen LogP contribution is 2.45. The highest BCUT2D eigenvalue weighted by Gasteiger charge is 2.39. The van der Waals surface area contributed by atoms with Gasteiger partial charge in [-0.3, -0.25) is 19.9 Å². The van der Waals surface area contributed by atoms with Crippen molar-refractivity contribution in [3.63, 3.8) is 0 Å². The molecule has 2 amide bonds. The second-order valence-corrected chi connectivity index (χ2v) is 7.51. The molecular weight excluding hydrogens is 411 g/mol. The number of carbonyl (C=O) groups excluding carboxylic acids is 2. The molecule has 0 radical (unpaired) electrons. The Kier molecular flexibility index (Phi) is 5.82. The number of hydrogen-bond acceptors (Lipinski definition) is 4. The molecule has 0 spiro atoms. The lowest BCUT2D eigenvalue weighted by atomic mass is 10.0. The fourth-order valence-corrected chi connectivity index (χ4v) is 3.46. The lowest BCUT2D eigenvalue weighted by molar-refractivity contribution is -0.137. The summed E-state index contributed by atoms with van der Waals surface area (Å²) in [5.74, 6) is -1.25. The molecule has 1 atom stereocenters. The minimum absolute atomic E-state index is 0.0998. The van der Waals surface area contributed by atoms with Crippen LogP contribution in [0.25, 0.3) is 5.57 Å². The fraction of sp³-hybridized carbons (Fsp3) is 0.273. The monoisotopic (exact) mass is 433 g/mol. The van der Waals surface area contributed by atoms with Gasteiger partial charge >= 0.3 is 6.18 Å². The lowest BCUT2D eigenvalue weighted by Crippen LogP contribution is -2.42. The average molecular weight is 433 g/mol. The average Bonchev–Trinajstić information content (AvgIpc) is 2.95. The van der Waals surface area contributed by atoms with Gasteiger partial charge in [-0.15, -0.1) is 0 Å². The molecule has 2 aromatic rings. The normalized spacial score (nSPS) is 16.1. The second-order valence-electron chi connectivity index (χ2n) is 7.51. The Morgan fingerprint density at radius 1 is 1.06 bits per heavy atom. The molecule has 164 valence electrons. The molecule has 0 fully saturated rings. The molecule has 9 heteroatoms. The zero-order chi connectivity index (χ0) is 23.1. The first-order valence-corrected chi connectivity index (χ1v) is 9.49. The highest BCUT2D eigenvalue weighted by atomic mass is 19.4. The van der Waals surface area contributed by atoms with E-state index in [1.165, 1.54) is 24.8 Å². The van der Waals surface area contributed by atoms with E-state index in [0.29, 0.717) is 11.3 Å². The van der Waals surface area contributed by atoms with Crippen molar-refractivity contribution in [2.24, 2.45) is 0 Å². The van der Waals surface area contributed by atoms with Gasteiger partial charge in [0.2, 0.25) is 0 Å². The van der Waals surface area contributed by atoms with Crippen LogP contribution in [-0.4, -0.2) is 23.0 Å². The molecule has 3 N–H and O–H groups in total. The standard InChI is InChI=1S/C22H22F3N3O3/c1-11-7-12(2)9-16(8-11)28-18-10-15(22(23,24)25)5-6-17(18)19(21(28)31)13(3)26-27-20(30)14(4)29/h5-10,14,26,29H,1-4H3,(H,27,30)/b19-13-. The second kappa shape index (κ2) is 8.07. The Morgan fingerprint density at radius 2 is 1.68 bits per heavy atom. The third-order valence-corrected chi connectivity index (χ3v) is 4.84. The third kappa shape index (κ3) is 4.41. The first kappa shape index (κ1) is 22.4. The van der Waals surface area contributed by atoms with E-state index in [1.54, 1.807) is 12.1 Å². The number of hydrogen-bond donors (Lipinski definition) is 3. The smallest absolute Gasteiger partial charge is 0.383 e. The molecule has 0 saturated heterocycles. The number of hydrazine groups is 1. The molecule has 0 saturated carbocycles. The molecule has 0 aromatic heterocycles. The number of carbonyl (C=O) groups is 2. The maximum absolute atomic E-state index is 13.4. The number of nitrogens with zero attached hydrogens (tertiary/aromatic N) is 1. The minimum Gasteiger partial charge on any atom is -0.383 e. The van der Waals surface area contributed by atoms with Crippen LogP contribution in [0.5, 0.6) is 0 Å². The minimum atomic E-state index is -4.57. The Balaban J connectivity index is 2.16. The molecule has 31 heavy (non-hydrogen) atoms. The molecule has 1 heterocycles. The van der Waals surface area contributed by atoms with Crippen molar-refractivity contribution in [1.29, 1.82) is 0 Å². The number of aliphatic hydroxyl groups excluding tert-OH is 1. The van der Waals surface area contributed by atoms with Crippen LogP contribution < -0.4 is 15.8 Å². The Hall–Kier alpha value is -3.33. The van der Waals surface area contributed by atoms with Gasteiger partial charge in [-0.05, 0) is 63.1 Å². The maximum atomic E-state index is 13.4. The topological polar surface area (TPSA) is 81.7 Å². The number of rotatable bonds is 4. The van der Waals surface area contributed by atoms with Gasteiger partial charge in [-0.2, -0.15) is 13.2 Å². The molecule has 2 aromatic carbocycles. The van der Waals surface area contributed by atoms with Crippen LogP contribution in [0.2, 0.25) is 0 Å². The molecule has 0 aliphatic carbocycles. The molecule has 1 unspecified atom stereocenters. The largest absolute Gasteiger partial charge is 0.416 e. The summed E-state index contributed by atoms with van der Waals surface area (Å²) < 4.78 is 40.1. The van der Waals surface area contributed by atoms with E-state index in [1.807, 2.05) is 19.9 Å². The van der Waals surface area contributed by atoms with Crippen LogP contribution in [0.15, 0.2) is 42.1 Å². The van der Waals surface area contributed by atoms with Crippen molar-refractivity contribution in [1.82, 2.24) is 10.9 Å². The predicted molar refractivity (Wildman–Crippen MR) is 110 cm³/mol. The van der Waals surface area contributed by atoms with E-state index in [0.717, 1.165) is 23.3 Å². The van der Waals surface area contributed by atoms with Crippen molar-refractivity contribution in [2.75, 3.05) is 4.90 Å². The third-order valence-electron chi connectivity index (χ3n) is 4.84. The van der Waals surface area contributed by atoms with E-state index < -0.39 is 29.7 Å². The van der Waals surface area contributed by atoms with Crippen LogP contribution in [0.3, 0.4) is 0 Å². The number of amides is 2. The molecular formula is C22H22F3N3O3. The first-order valence-electron chi connectivity index (χ1n) is 9.49. The van der Waals surface area contributed by atoms with E-state index >= 15 is 0 Å². The number of alkyl halides is 3. The molecule has 3 rings (SSSR count). The van der Waals surface area contributed by atoms with Gasteiger partial charge in [-0.1, -0.05) is 12.1 Å². The number of halogens is 3. The van der Waals surface area contributed by atoms with Crippen molar-refractivity contribution >= 4 is 28.8 Å². The van der Waals surface area contributed by atoms with E-state index in [2.05, 4.69) is 10.9 Å². The zero-order valence-electron chi connectivity index (χ0n) is 17.4. The van der Waals surface area contributed by atoms with Crippen LogP contribution in [0.1, 0.15) is 36.1 Å². The molecule has 6 nitrogen and oxygen atoms in total. The number of benzene rings is 2. The number of anilines is 2. The van der Waals surface area contributed by atoms with Gasteiger partial charge < -0.3 is 10.5 Å². The Bertz CT molecular complexity index is 1070. The molecule has 0 bridgehead atoms. The van der Waals surface area contributed by atoms with Gasteiger partial charge in [0, 0.05) is 16.9 Å². The van der Waals surface area contributed by atoms with Crippen molar-refractivity contribution in [3.8, 4) is 0 Å². The summed E-state index contributed by atoms with van der Waals surface area (Å²) in [7, 11) is 0. The van der Waals surface area contributed by atoms with Crippen molar-refractivity contribution in [2.45, 2.75) is 40.0 Å². The zero-order valence-corrected chi connectivity index (χ0v) is 17.4.